The Bertz CT molecular complexity index is 581. The first kappa shape index (κ1) is 12.4. The average Bonchev–Trinajstić information content (AvgIpc) is 2.44. The van der Waals surface area contributed by atoms with Crippen LogP contribution in [0.15, 0.2) is 36.4 Å². The van der Waals surface area contributed by atoms with E-state index in [1.165, 1.54) is 0 Å². The molecule has 0 bridgehead atoms. The van der Waals surface area contributed by atoms with Gasteiger partial charge < -0.3 is 4.74 Å². The Balaban J connectivity index is 2.42. The number of carbonyl (C=O) groups excluding carboxylic acids is 1. The molecule has 0 fully saturated rings. The van der Waals surface area contributed by atoms with E-state index in [1.807, 2.05) is 43.3 Å². The highest BCUT2D eigenvalue weighted by Gasteiger charge is 2.14. The summed E-state index contributed by atoms with van der Waals surface area (Å²) in [5.74, 6) is 5.51. The summed E-state index contributed by atoms with van der Waals surface area (Å²) in [4.78, 5) is 11.5. The van der Waals surface area contributed by atoms with Gasteiger partial charge >= 0.3 is 0 Å². The van der Waals surface area contributed by atoms with Gasteiger partial charge in [0.05, 0.1) is 13.0 Å². The number of methoxy groups -OCH3 is 1. The topological polar surface area (TPSA) is 64.3 Å². The zero-order chi connectivity index (χ0) is 13.1. The minimum absolute atomic E-state index is 0.192. The molecular formula is C14H16N2O2. The van der Waals surface area contributed by atoms with Crippen molar-refractivity contribution in [3.63, 3.8) is 0 Å². The molecule has 0 aliphatic carbocycles. The summed E-state index contributed by atoms with van der Waals surface area (Å²) in [5.41, 5.74) is 3.11. The predicted octanol–water partition coefficient (Wildman–Crippen LogP) is 1.94. The fourth-order valence-corrected chi connectivity index (χ4v) is 1.91. The Morgan fingerprint density at radius 1 is 1.22 bits per heavy atom. The predicted molar refractivity (Wildman–Crippen MR) is 71.2 cm³/mol. The lowest BCUT2D eigenvalue weighted by molar-refractivity contribution is -0.122. The summed E-state index contributed by atoms with van der Waals surface area (Å²) in [7, 11) is 1.64. The number of nitrogens with two attached hydrogens (primary N) is 1. The lowest BCUT2D eigenvalue weighted by Crippen LogP contribution is -2.33. The quantitative estimate of drug-likeness (QED) is 0.492. The first-order chi connectivity index (χ1) is 8.65. The van der Waals surface area contributed by atoms with Crippen molar-refractivity contribution in [3.8, 4) is 5.75 Å². The third kappa shape index (κ3) is 2.28. The Kier molecular flexibility index (Phi) is 3.48. The molecule has 0 saturated carbocycles. The van der Waals surface area contributed by atoms with Crippen molar-refractivity contribution in [3.05, 3.63) is 42.0 Å². The van der Waals surface area contributed by atoms with Gasteiger partial charge in [0.1, 0.15) is 5.75 Å². The van der Waals surface area contributed by atoms with Gasteiger partial charge in [-0.2, -0.15) is 0 Å². The van der Waals surface area contributed by atoms with Crippen LogP contribution in [0.5, 0.6) is 5.75 Å². The van der Waals surface area contributed by atoms with E-state index in [0.717, 1.165) is 22.1 Å². The van der Waals surface area contributed by atoms with Crippen LogP contribution in [0.4, 0.5) is 0 Å². The van der Waals surface area contributed by atoms with Crippen molar-refractivity contribution in [1.29, 1.82) is 0 Å². The van der Waals surface area contributed by atoms with E-state index in [9.17, 15) is 4.79 Å². The number of rotatable bonds is 3. The van der Waals surface area contributed by atoms with E-state index >= 15 is 0 Å². The van der Waals surface area contributed by atoms with Gasteiger partial charge in [-0.05, 0) is 35.4 Å². The highest BCUT2D eigenvalue weighted by Crippen LogP contribution is 2.25. The Morgan fingerprint density at radius 3 is 2.56 bits per heavy atom. The molecule has 1 amide bonds. The third-order valence-electron chi connectivity index (χ3n) is 3.11. The maximum absolute atomic E-state index is 11.5. The van der Waals surface area contributed by atoms with Crippen LogP contribution >= 0.6 is 0 Å². The fraction of sp³-hybridized carbons (Fsp3) is 0.214. The summed E-state index contributed by atoms with van der Waals surface area (Å²) in [6.07, 6.45) is 0. The molecule has 4 nitrogen and oxygen atoms in total. The van der Waals surface area contributed by atoms with E-state index in [4.69, 9.17) is 10.6 Å². The zero-order valence-electron chi connectivity index (χ0n) is 10.4. The van der Waals surface area contributed by atoms with Crippen LogP contribution in [0.25, 0.3) is 10.8 Å². The first-order valence-electron chi connectivity index (χ1n) is 5.74. The molecule has 0 saturated heterocycles. The smallest absolute Gasteiger partial charge is 0.241 e. The largest absolute Gasteiger partial charge is 0.497 e. The molecule has 2 rings (SSSR count). The second kappa shape index (κ2) is 5.06. The molecule has 2 aromatic carbocycles. The van der Waals surface area contributed by atoms with Crippen molar-refractivity contribution in [2.45, 2.75) is 12.8 Å². The molecule has 2 aromatic rings. The Hall–Kier alpha value is -2.07. The van der Waals surface area contributed by atoms with Crippen LogP contribution < -0.4 is 16.0 Å². The van der Waals surface area contributed by atoms with Crippen LogP contribution in [-0.2, 0) is 4.79 Å². The fourth-order valence-electron chi connectivity index (χ4n) is 1.91. The molecule has 3 N–H and O–H groups in total. The number of amides is 1. The van der Waals surface area contributed by atoms with E-state index < -0.39 is 0 Å². The Labute approximate surface area is 106 Å². The van der Waals surface area contributed by atoms with Gasteiger partial charge in [0.15, 0.2) is 0 Å². The average molecular weight is 244 g/mol. The van der Waals surface area contributed by atoms with Gasteiger partial charge in [0, 0.05) is 0 Å². The van der Waals surface area contributed by atoms with Crippen molar-refractivity contribution in [1.82, 2.24) is 5.43 Å². The lowest BCUT2D eigenvalue weighted by Gasteiger charge is -2.11. The molecule has 0 radical (unpaired) electrons. The van der Waals surface area contributed by atoms with Crippen molar-refractivity contribution in [2.75, 3.05) is 7.11 Å². The second-order valence-electron chi connectivity index (χ2n) is 4.20. The van der Waals surface area contributed by atoms with Gasteiger partial charge in [-0.3, -0.25) is 10.2 Å². The maximum Gasteiger partial charge on any atom is 0.241 e. The molecule has 1 unspecified atom stereocenters. The lowest BCUT2D eigenvalue weighted by atomic mass is 9.97. The van der Waals surface area contributed by atoms with Gasteiger partial charge in [0.2, 0.25) is 5.91 Å². The van der Waals surface area contributed by atoms with E-state index in [1.54, 1.807) is 7.11 Å². The molecule has 0 aliphatic rings. The summed E-state index contributed by atoms with van der Waals surface area (Å²) < 4.78 is 5.17. The minimum Gasteiger partial charge on any atom is -0.497 e. The molecule has 0 spiro atoms. The maximum atomic E-state index is 11.5. The van der Waals surface area contributed by atoms with E-state index in [0.29, 0.717) is 0 Å². The van der Waals surface area contributed by atoms with Gasteiger partial charge in [-0.15, -0.1) is 0 Å². The van der Waals surface area contributed by atoms with Crippen molar-refractivity contribution < 1.29 is 9.53 Å². The second-order valence-corrected chi connectivity index (χ2v) is 4.20. The molecular weight excluding hydrogens is 228 g/mol. The summed E-state index contributed by atoms with van der Waals surface area (Å²) >= 11 is 0. The third-order valence-corrected chi connectivity index (χ3v) is 3.11. The number of hydrogen-bond acceptors (Lipinski definition) is 3. The number of hydrogen-bond donors (Lipinski definition) is 2. The van der Waals surface area contributed by atoms with E-state index in [-0.39, 0.29) is 11.8 Å². The SMILES string of the molecule is COc1ccc2cc(C(C)C(=O)NN)ccc2c1. The molecule has 94 valence electrons. The Morgan fingerprint density at radius 2 is 1.89 bits per heavy atom. The minimum atomic E-state index is -0.262. The van der Waals surface area contributed by atoms with E-state index in [2.05, 4.69) is 5.43 Å². The number of ether oxygens (including phenoxy) is 1. The molecule has 0 aliphatic heterocycles. The molecule has 1 atom stereocenters. The standard InChI is InChI=1S/C14H16N2O2/c1-9(14(17)16-15)10-3-4-12-8-13(18-2)6-5-11(12)7-10/h3-9H,15H2,1-2H3,(H,16,17). The molecule has 0 heterocycles. The number of carbonyl (C=O) groups is 1. The van der Waals surface area contributed by atoms with Crippen LogP contribution in [0.1, 0.15) is 18.4 Å². The zero-order valence-corrected chi connectivity index (χ0v) is 10.4. The summed E-state index contributed by atoms with van der Waals surface area (Å²) in [6.45, 7) is 1.83. The first-order valence-corrected chi connectivity index (χ1v) is 5.74. The molecule has 0 aromatic heterocycles. The monoisotopic (exact) mass is 244 g/mol. The van der Waals surface area contributed by atoms with Crippen molar-refractivity contribution >= 4 is 16.7 Å². The number of fused-ring (bicyclic) bond motifs is 1. The van der Waals surface area contributed by atoms with Crippen LogP contribution in [0.3, 0.4) is 0 Å². The van der Waals surface area contributed by atoms with Crippen LogP contribution in [0, 0.1) is 0 Å². The van der Waals surface area contributed by atoms with Crippen molar-refractivity contribution in [2.24, 2.45) is 5.84 Å². The van der Waals surface area contributed by atoms with Gasteiger partial charge in [0.25, 0.3) is 0 Å². The highest BCUT2D eigenvalue weighted by molar-refractivity contribution is 5.88. The van der Waals surface area contributed by atoms with Gasteiger partial charge in [-0.1, -0.05) is 24.3 Å². The highest BCUT2D eigenvalue weighted by atomic mass is 16.5. The summed E-state index contributed by atoms with van der Waals surface area (Å²) in [6, 6.07) is 11.8. The molecule has 4 heteroatoms. The van der Waals surface area contributed by atoms with Gasteiger partial charge in [-0.25, -0.2) is 5.84 Å². The van der Waals surface area contributed by atoms with Crippen LogP contribution in [-0.4, -0.2) is 13.0 Å². The number of nitrogens with one attached hydrogen (secondary N) is 1. The number of benzene rings is 2. The van der Waals surface area contributed by atoms with Crippen LogP contribution in [0.2, 0.25) is 0 Å². The number of hydrazine groups is 1. The summed E-state index contributed by atoms with van der Waals surface area (Å²) in [5, 5.41) is 2.16. The normalized spacial score (nSPS) is 12.2. The molecule has 18 heavy (non-hydrogen) atoms.